The van der Waals surface area contributed by atoms with Crippen molar-refractivity contribution in [3.8, 4) is 0 Å². The number of fused-ring (bicyclic) bond motifs is 4. The first-order valence-corrected chi connectivity index (χ1v) is 8.50. The molecule has 2 heterocycles. The second-order valence-electron chi connectivity index (χ2n) is 6.45. The van der Waals surface area contributed by atoms with Gasteiger partial charge in [-0.15, -0.1) is 0 Å². The number of piperidine rings is 1. The highest BCUT2D eigenvalue weighted by atomic mass is 79.9. The van der Waals surface area contributed by atoms with Gasteiger partial charge in [0, 0.05) is 15.9 Å². The van der Waals surface area contributed by atoms with Crippen LogP contribution >= 0.6 is 15.9 Å². The second kappa shape index (κ2) is 4.47. The summed E-state index contributed by atoms with van der Waals surface area (Å²) >= 11 is 3.49. The van der Waals surface area contributed by atoms with Crippen LogP contribution in [0, 0.1) is 5.92 Å². The van der Waals surface area contributed by atoms with E-state index in [9.17, 15) is 9.90 Å². The Hall–Kier alpha value is -2.08. The van der Waals surface area contributed by atoms with Crippen LogP contribution in [0.15, 0.2) is 34.8 Å². The Morgan fingerprint density at radius 2 is 2.17 bits per heavy atom. The topological polar surface area (TPSA) is 69.2 Å². The maximum atomic E-state index is 11.6. The highest BCUT2D eigenvalue weighted by Crippen LogP contribution is 2.53. The van der Waals surface area contributed by atoms with Crippen LogP contribution < -0.4 is 0 Å². The first-order valence-electron chi connectivity index (χ1n) is 7.71. The van der Waals surface area contributed by atoms with Crippen molar-refractivity contribution in [2.24, 2.45) is 5.92 Å². The van der Waals surface area contributed by atoms with Crippen LogP contribution in [-0.2, 0) is 0 Å². The molecule has 0 radical (unpaired) electrons. The lowest BCUT2D eigenvalue weighted by molar-refractivity contribution is 0.129. The Balaban J connectivity index is 1.65. The maximum Gasteiger partial charge on any atom is 0.408 e. The Morgan fingerprint density at radius 3 is 3.00 bits per heavy atom. The Kier molecular flexibility index (Phi) is 2.60. The molecule has 2 aromatic carbocycles. The van der Waals surface area contributed by atoms with E-state index in [0.29, 0.717) is 5.92 Å². The Bertz CT molecular complexity index is 967. The molecule has 3 atom stereocenters. The highest BCUT2D eigenvalue weighted by Gasteiger charge is 2.55. The Morgan fingerprint density at radius 1 is 1.30 bits per heavy atom. The zero-order valence-electron chi connectivity index (χ0n) is 12.2. The van der Waals surface area contributed by atoms with Crippen molar-refractivity contribution in [2.75, 3.05) is 0 Å². The van der Waals surface area contributed by atoms with Crippen LogP contribution in [0.25, 0.3) is 21.8 Å². The lowest BCUT2D eigenvalue weighted by Gasteiger charge is -2.22. The van der Waals surface area contributed by atoms with E-state index in [-0.39, 0.29) is 12.1 Å². The fraction of sp³-hybridized carbons (Fsp3) is 0.294. The van der Waals surface area contributed by atoms with Crippen molar-refractivity contribution in [1.29, 1.82) is 0 Å². The van der Waals surface area contributed by atoms with Gasteiger partial charge >= 0.3 is 6.09 Å². The molecule has 23 heavy (non-hydrogen) atoms. The third-order valence-electron chi connectivity index (χ3n) is 5.09. The first-order chi connectivity index (χ1) is 11.1. The van der Waals surface area contributed by atoms with E-state index >= 15 is 0 Å². The van der Waals surface area contributed by atoms with E-state index in [2.05, 4.69) is 38.0 Å². The number of amides is 1. The molecular weight excluding hydrogens is 358 g/mol. The number of nitrogens with zero attached hydrogens (tertiary/aromatic N) is 2. The predicted molar refractivity (Wildman–Crippen MR) is 90.4 cm³/mol. The lowest BCUT2D eigenvalue weighted by atomic mass is 10.1. The largest absolute Gasteiger partial charge is 0.465 e. The van der Waals surface area contributed by atoms with Crippen molar-refractivity contribution < 1.29 is 9.90 Å². The van der Waals surface area contributed by atoms with Gasteiger partial charge in [-0.2, -0.15) is 0 Å². The molecule has 6 heteroatoms. The minimum Gasteiger partial charge on any atom is -0.465 e. The molecule has 3 aromatic rings. The lowest BCUT2D eigenvalue weighted by Crippen LogP contribution is -2.32. The summed E-state index contributed by atoms with van der Waals surface area (Å²) in [5.74, 6) is 1.28. The number of benzene rings is 2. The number of aromatic amines is 1. The van der Waals surface area contributed by atoms with Crippen molar-refractivity contribution in [3.63, 3.8) is 0 Å². The van der Waals surface area contributed by atoms with E-state index in [1.54, 1.807) is 4.90 Å². The maximum absolute atomic E-state index is 11.6. The fourth-order valence-corrected chi connectivity index (χ4v) is 4.31. The molecule has 1 amide bonds. The number of imidazole rings is 1. The van der Waals surface area contributed by atoms with Gasteiger partial charge in [-0.25, -0.2) is 9.78 Å². The van der Waals surface area contributed by atoms with Crippen molar-refractivity contribution >= 4 is 43.8 Å². The number of nitrogens with one attached hydrogen (secondary N) is 1. The third kappa shape index (κ3) is 1.91. The molecule has 5 rings (SSSR count). The normalized spacial score (nSPS) is 26.0. The Labute approximate surface area is 140 Å². The summed E-state index contributed by atoms with van der Waals surface area (Å²) in [5.41, 5.74) is 1.87. The standard InChI is InChI=1S/C17H14BrN3O2/c18-10-2-3-11-8(5-10)1-4-12-15(11)20-16(19-12)14-7-9-6-13(9)21(14)17(22)23/h1-5,9,13-14H,6-7H2,(H,19,20)(H,22,23). The molecule has 1 saturated heterocycles. The number of H-pyrrole nitrogens is 1. The number of halogens is 1. The van der Waals surface area contributed by atoms with Gasteiger partial charge in [0.05, 0.1) is 17.1 Å². The minimum atomic E-state index is -0.839. The summed E-state index contributed by atoms with van der Waals surface area (Å²) in [6.45, 7) is 0. The van der Waals surface area contributed by atoms with Crippen LogP contribution in [0.2, 0.25) is 0 Å². The summed E-state index contributed by atoms with van der Waals surface area (Å²) in [4.78, 5) is 21.2. The second-order valence-corrected chi connectivity index (χ2v) is 7.37. The monoisotopic (exact) mass is 371 g/mol. The van der Waals surface area contributed by atoms with Crippen molar-refractivity contribution in [1.82, 2.24) is 14.9 Å². The molecule has 116 valence electrons. The molecule has 2 aliphatic rings. The van der Waals surface area contributed by atoms with Crippen LogP contribution in [0.1, 0.15) is 24.7 Å². The molecule has 1 aliphatic heterocycles. The zero-order chi connectivity index (χ0) is 15.7. The molecule has 1 saturated carbocycles. The summed E-state index contributed by atoms with van der Waals surface area (Å²) in [6.07, 6.45) is 1.04. The minimum absolute atomic E-state index is 0.144. The summed E-state index contributed by atoms with van der Waals surface area (Å²) in [5, 5.41) is 11.7. The average Bonchev–Trinajstić information content (AvgIpc) is 2.98. The first kappa shape index (κ1) is 13.4. The highest BCUT2D eigenvalue weighted by molar-refractivity contribution is 9.10. The van der Waals surface area contributed by atoms with Crippen molar-refractivity contribution in [2.45, 2.75) is 24.9 Å². The van der Waals surface area contributed by atoms with E-state index in [1.807, 2.05) is 18.2 Å². The molecule has 1 aromatic heterocycles. The number of likely N-dealkylation sites (tertiary alicyclic amines) is 1. The molecule has 2 fully saturated rings. The summed E-state index contributed by atoms with van der Waals surface area (Å²) in [7, 11) is 0. The predicted octanol–water partition coefficient (Wildman–Crippen LogP) is 4.29. The van der Waals surface area contributed by atoms with Gasteiger partial charge < -0.3 is 10.1 Å². The molecule has 3 unspecified atom stereocenters. The number of aromatic nitrogens is 2. The van der Waals surface area contributed by atoms with Crippen LogP contribution in [0.5, 0.6) is 0 Å². The third-order valence-corrected chi connectivity index (χ3v) is 5.59. The SMILES string of the molecule is O=C(O)N1C(c2nc3ccc4cc(Br)ccc4c3[nH]2)CC2CC21. The molecule has 1 aliphatic carbocycles. The van der Waals surface area contributed by atoms with Crippen LogP contribution in [0.4, 0.5) is 4.79 Å². The number of carbonyl (C=O) groups is 1. The molecular formula is C17H14BrN3O2. The van der Waals surface area contributed by atoms with Gasteiger partial charge in [0.1, 0.15) is 5.82 Å². The van der Waals surface area contributed by atoms with Gasteiger partial charge in [-0.1, -0.05) is 28.1 Å². The van der Waals surface area contributed by atoms with E-state index in [4.69, 9.17) is 0 Å². The van der Waals surface area contributed by atoms with Crippen molar-refractivity contribution in [3.05, 3.63) is 40.6 Å². The average molecular weight is 372 g/mol. The van der Waals surface area contributed by atoms with E-state index < -0.39 is 6.09 Å². The molecule has 0 bridgehead atoms. The van der Waals surface area contributed by atoms with Gasteiger partial charge in [0.2, 0.25) is 0 Å². The molecule has 5 nitrogen and oxygen atoms in total. The van der Waals surface area contributed by atoms with Crippen LogP contribution in [-0.4, -0.2) is 32.1 Å². The van der Waals surface area contributed by atoms with Gasteiger partial charge in [-0.05, 0) is 42.3 Å². The van der Waals surface area contributed by atoms with Gasteiger partial charge in [0.25, 0.3) is 0 Å². The zero-order valence-corrected chi connectivity index (χ0v) is 13.7. The summed E-state index contributed by atoms with van der Waals surface area (Å²) in [6, 6.07) is 10.2. The summed E-state index contributed by atoms with van der Waals surface area (Å²) < 4.78 is 1.04. The number of rotatable bonds is 1. The fourth-order valence-electron chi connectivity index (χ4n) is 3.93. The number of hydrogen-bond donors (Lipinski definition) is 2. The van der Waals surface area contributed by atoms with E-state index in [0.717, 1.165) is 44.9 Å². The smallest absolute Gasteiger partial charge is 0.408 e. The molecule has 2 N–H and O–H groups in total. The number of carboxylic acid groups (broad SMARTS) is 1. The van der Waals surface area contributed by atoms with Gasteiger partial charge in [0.15, 0.2) is 0 Å². The van der Waals surface area contributed by atoms with E-state index in [1.165, 1.54) is 0 Å². The van der Waals surface area contributed by atoms with Crippen LogP contribution in [0.3, 0.4) is 0 Å². The number of hydrogen-bond acceptors (Lipinski definition) is 2. The quantitative estimate of drug-likeness (QED) is 0.670. The molecule has 0 spiro atoms. The van der Waals surface area contributed by atoms with Gasteiger partial charge in [-0.3, -0.25) is 4.90 Å².